The number of carbonyl (C=O) groups excluding carboxylic acids is 1. The van der Waals surface area contributed by atoms with Crippen molar-refractivity contribution in [1.82, 2.24) is 5.32 Å². The van der Waals surface area contributed by atoms with Crippen LogP contribution in [-0.4, -0.2) is 11.0 Å². The summed E-state index contributed by atoms with van der Waals surface area (Å²) in [6.45, 7) is 4.11. The maximum Gasteiger partial charge on any atom is 0.220 e. The van der Waals surface area contributed by atoms with Gasteiger partial charge in [0.25, 0.3) is 0 Å². The minimum absolute atomic E-state index is 0.150. The first-order chi connectivity index (χ1) is 10.4. The number of benzene rings is 1. The first kappa shape index (κ1) is 17.0. The Kier molecular flexibility index (Phi) is 6.01. The van der Waals surface area contributed by atoms with Crippen LogP contribution in [0.25, 0.3) is 0 Å². The molecule has 22 heavy (non-hydrogen) atoms. The van der Waals surface area contributed by atoms with Crippen molar-refractivity contribution in [2.24, 2.45) is 5.92 Å². The largest absolute Gasteiger partial charge is 0.386 e. The van der Waals surface area contributed by atoms with Crippen LogP contribution in [0.3, 0.4) is 0 Å². The van der Waals surface area contributed by atoms with E-state index in [1.54, 1.807) is 13.8 Å². The lowest BCUT2D eigenvalue weighted by Crippen LogP contribution is -2.23. The van der Waals surface area contributed by atoms with Gasteiger partial charge in [0.2, 0.25) is 5.91 Å². The quantitative estimate of drug-likeness (QED) is 0.837. The minimum Gasteiger partial charge on any atom is -0.386 e. The molecule has 0 bridgehead atoms. The zero-order valence-electron chi connectivity index (χ0n) is 13.9. The second kappa shape index (κ2) is 7.77. The predicted octanol–water partition coefficient (Wildman–Crippen LogP) is 3.89. The molecule has 1 aromatic carbocycles. The molecular weight excluding hydrogens is 274 g/mol. The Hall–Kier alpha value is -1.35. The molecule has 0 radical (unpaired) electrons. The van der Waals surface area contributed by atoms with E-state index in [-0.39, 0.29) is 5.91 Å². The highest BCUT2D eigenvalue weighted by atomic mass is 16.3. The molecule has 0 aliphatic heterocycles. The van der Waals surface area contributed by atoms with Gasteiger partial charge in [-0.3, -0.25) is 4.79 Å². The maximum atomic E-state index is 11.9. The van der Waals surface area contributed by atoms with Gasteiger partial charge in [0.15, 0.2) is 0 Å². The van der Waals surface area contributed by atoms with Crippen molar-refractivity contribution in [3.63, 3.8) is 0 Å². The maximum absolute atomic E-state index is 11.9. The van der Waals surface area contributed by atoms with Crippen LogP contribution < -0.4 is 5.32 Å². The van der Waals surface area contributed by atoms with Crippen LogP contribution in [-0.2, 0) is 16.9 Å². The van der Waals surface area contributed by atoms with E-state index in [1.165, 1.54) is 32.1 Å². The van der Waals surface area contributed by atoms with Crippen LogP contribution in [0.15, 0.2) is 24.3 Å². The molecule has 1 saturated carbocycles. The van der Waals surface area contributed by atoms with Crippen molar-refractivity contribution in [2.75, 3.05) is 0 Å². The monoisotopic (exact) mass is 303 g/mol. The first-order valence-corrected chi connectivity index (χ1v) is 8.53. The summed E-state index contributed by atoms with van der Waals surface area (Å²) in [6, 6.07) is 7.77. The van der Waals surface area contributed by atoms with Crippen molar-refractivity contribution in [2.45, 2.75) is 70.9 Å². The summed E-state index contributed by atoms with van der Waals surface area (Å²) in [7, 11) is 0. The normalized spacial score (nSPS) is 16.5. The third-order valence-corrected chi connectivity index (χ3v) is 4.65. The highest BCUT2D eigenvalue weighted by Crippen LogP contribution is 2.27. The third kappa shape index (κ3) is 5.45. The summed E-state index contributed by atoms with van der Waals surface area (Å²) in [6.07, 6.45) is 8.30. The Morgan fingerprint density at radius 3 is 2.41 bits per heavy atom. The Morgan fingerprint density at radius 2 is 1.82 bits per heavy atom. The smallest absolute Gasteiger partial charge is 0.220 e. The number of hydrogen-bond acceptors (Lipinski definition) is 2. The molecule has 2 rings (SSSR count). The zero-order valence-corrected chi connectivity index (χ0v) is 13.9. The highest BCUT2D eigenvalue weighted by molar-refractivity contribution is 5.75. The lowest BCUT2D eigenvalue weighted by Gasteiger charge is -2.21. The fraction of sp³-hybridized carbons (Fsp3) is 0.632. The molecule has 0 heterocycles. The summed E-state index contributed by atoms with van der Waals surface area (Å²) in [5, 5.41) is 12.9. The van der Waals surface area contributed by atoms with Crippen LogP contribution >= 0.6 is 0 Å². The van der Waals surface area contributed by atoms with E-state index in [0.29, 0.717) is 13.0 Å². The minimum atomic E-state index is -0.818. The second-order valence-electron chi connectivity index (χ2n) is 7.08. The molecule has 1 aliphatic rings. The Bertz CT molecular complexity index is 467. The standard InChI is InChI=1S/C19H29NO2/c1-19(2,22)17-11-8-16(9-12-17)14-20-18(21)13-10-15-6-4-3-5-7-15/h8-9,11-12,15,22H,3-7,10,13-14H2,1-2H3,(H,20,21). The van der Waals surface area contributed by atoms with Crippen LogP contribution in [0.5, 0.6) is 0 Å². The van der Waals surface area contributed by atoms with Crippen molar-refractivity contribution in [3.8, 4) is 0 Å². The van der Waals surface area contributed by atoms with Gasteiger partial charge in [0, 0.05) is 13.0 Å². The molecule has 0 aromatic heterocycles. The van der Waals surface area contributed by atoms with E-state index < -0.39 is 5.60 Å². The fourth-order valence-electron chi connectivity index (χ4n) is 3.13. The lowest BCUT2D eigenvalue weighted by atomic mass is 9.86. The Morgan fingerprint density at radius 1 is 1.18 bits per heavy atom. The highest BCUT2D eigenvalue weighted by Gasteiger charge is 2.16. The number of amides is 1. The molecule has 3 heteroatoms. The number of hydrogen-bond donors (Lipinski definition) is 2. The molecule has 1 fully saturated rings. The molecule has 3 nitrogen and oxygen atoms in total. The SMILES string of the molecule is CC(C)(O)c1ccc(CNC(=O)CCC2CCCCC2)cc1. The average molecular weight is 303 g/mol. The average Bonchev–Trinajstić information content (AvgIpc) is 2.51. The Labute approximate surface area is 134 Å². The second-order valence-corrected chi connectivity index (χ2v) is 7.08. The molecule has 0 spiro atoms. The van der Waals surface area contributed by atoms with E-state index in [4.69, 9.17) is 0 Å². The van der Waals surface area contributed by atoms with Gasteiger partial charge in [-0.2, -0.15) is 0 Å². The van der Waals surface area contributed by atoms with Crippen molar-refractivity contribution in [1.29, 1.82) is 0 Å². The molecule has 1 aromatic rings. The van der Waals surface area contributed by atoms with Gasteiger partial charge in [0.05, 0.1) is 5.60 Å². The van der Waals surface area contributed by atoms with E-state index in [0.717, 1.165) is 23.5 Å². The van der Waals surface area contributed by atoms with Crippen LogP contribution in [0.2, 0.25) is 0 Å². The number of rotatable bonds is 6. The van der Waals surface area contributed by atoms with Gasteiger partial charge in [-0.15, -0.1) is 0 Å². The van der Waals surface area contributed by atoms with Gasteiger partial charge < -0.3 is 10.4 Å². The Balaban J connectivity index is 1.71. The van der Waals surface area contributed by atoms with Crippen molar-refractivity contribution < 1.29 is 9.90 Å². The van der Waals surface area contributed by atoms with Gasteiger partial charge in [-0.05, 0) is 37.3 Å². The van der Waals surface area contributed by atoms with Crippen LogP contribution in [0.1, 0.15) is 69.9 Å². The zero-order chi connectivity index (χ0) is 16.0. The van der Waals surface area contributed by atoms with Gasteiger partial charge in [-0.25, -0.2) is 0 Å². The lowest BCUT2D eigenvalue weighted by molar-refractivity contribution is -0.121. The summed E-state index contributed by atoms with van der Waals surface area (Å²) >= 11 is 0. The van der Waals surface area contributed by atoms with E-state index >= 15 is 0 Å². The topological polar surface area (TPSA) is 49.3 Å². The summed E-state index contributed by atoms with van der Waals surface area (Å²) in [4.78, 5) is 11.9. The summed E-state index contributed by atoms with van der Waals surface area (Å²) < 4.78 is 0. The fourth-order valence-corrected chi connectivity index (χ4v) is 3.13. The molecule has 122 valence electrons. The van der Waals surface area contributed by atoms with E-state index in [1.807, 2.05) is 24.3 Å². The molecule has 1 aliphatic carbocycles. The van der Waals surface area contributed by atoms with E-state index in [2.05, 4.69) is 5.32 Å². The van der Waals surface area contributed by atoms with Crippen molar-refractivity contribution in [3.05, 3.63) is 35.4 Å². The molecule has 2 N–H and O–H groups in total. The molecular formula is C19H29NO2. The summed E-state index contributed by atoms with van der Waals surface area (Å²) in [5.41, 5.74) is 1.14. The number of nitrogens with one attached hydrogen (secondary N) is 1. The van der Waals surface area contributed by atoms with Crippen molar-refractivity contribution >= 4 is 5.91 Å². The number of carbonyl (C=O) groups is 1. The van der Waals surface area contributed by atoms with Gasteiger partial charge in [0.1, 0.15) is 0 Å². The molecule has 1 amide bonds. The molecule has 0 saturated heterocycles. The van der Waals surface area contributed by atoms with Gasteiger partial charge in [-0.1, -0.05) is 56.4 Å². The predicted molar refractivity (Wildman–Crippen MR) is 89.3 cm³/mol. The summed E-state index contributed by atoms with van der Waals surface area (Å²) in [5.74, 6) is 0.905. The molecule has 0 unspecified atom stereocenters. The van der Waals surface area contributed by atoms with Crippen LogP contribution in [0, 0.1) is 5.92 Å². The third-order valence-electron chi connectivity index (χ3n) is 4.65. The first-order valence-electron chi connectivity index (χ1n) is 8.53. The van der Waals surface area contributed by atoms with Gasteiger partial charge >= 0.3 is 0 Å². The molecule has 0 atom stereocenters. The van der Waals surface area contributed by atoms with E-state index in [9.17, 15) is 9.90 Å². The van der Waals surface area contributed by atoms with Crippen LogP contribution in [0.4, 0.5) is 0 Å². The number of aliphatic hydroxyl groups is 1.